The van der Waals surface area contributed by atoms with Crippen molar-refractivity contribution in [3.05, 3.63) is 35.1 Å². The van der Waals surface area contributed by atoms with Crippen molar-refractivity contribution in [2.45, 2.75) is 32.5 Å². The molecule has 20 heavy (non-hydrogen) atoms. The number of hydrogen-bond donors (Lipinski definition) is 1. The Hall–Kier alpha value is -1.14. The molecule has 0 aliphatic carbocycles. The number of benzene rings is 1. The SMILES string of the molecule is CCCNC(COCC(F)(F)F)c1ccc(C)c(F)c1. The molecule has 0 heterocycles. The largest absolute Gasteiger partial charge is 0.411 e. The molecule has 0 aliphatic heterocycles. The van der Waals surface area contributed by atoms with Gasteiger partial charge in [-0.1, -0.05) is 19.1 Å². The molecule has 0 fully saturated rings. The first-order chi connectivity index (χ1) is 9.33. The normalized spacial score (nSPS) is 13.5. The van der Waals surface area contributed by atoms with E-state index in [9.17, 15) is 17.6 Å². The molecule has 1 aromatic rings. The van der Waals surface area contributed by atoms with E-state index in [-0.39, 0.29) is 12.4 Å². The molecule has 0 amide bonds. The van der Waals surface area contributed by atoms with Gasteiger partial charge in [0.1, 0.15) is 12.4 Å². The van der Waals surface area contributed by atoms with Crippen LogP contribution < -0.4 is 5.32 Å². The monoisotopic (exact) mass is 293 g/mol. The van der Waals surface area contributed by atoms with Gasteiger partial charge in [-0.15, -0.1) is 0 Å². The molecule has 0 saturated carbocycles. The summed E-state index contributed by atoms with van der Waals surface area (Å²) < 4.78 is 54.4. The third kappa shape index (κ3) is 5.88. The molecule has 0 aromatic heterocycles. The van der Waals surface area contributed by atoms with Crippen LogP contribution in [0.25, 0.3) is 0 Å². The summed E-state index contributed by atoms with van der Waals surface area (Å²) in [6.07, 6.45) is -3.53. The Labute approximate surface area is 116 Å². The molecule has 1 rings (SSSR count). The van der Waals surface area contributed by atoms with Gasteiger partial charge in [-0.05, 0) is 37.1 Å². The number of nitrogens with one attached hydrogen (secondary N) is 1. The van der Waals surface area contributed by atoms with E-state index in [0.717, 1.165) is 6.42 Å². The molecular weight excluding hydrogens is 274 g/mol. The Morgan fingerprint density at radius 1 is 1.30 bits per heavy atom. The molecule has 6 heteroatoms. The van der Waals surface area contributed by atoms with Gasteiger partial charge in [-0.25, -0.2) is 4.39 Å². The second kappa shape index (κ2) is 7.59. The lowest BCUT2D eigenvalue weighted by Crippen LogP contribution is -2.28. The molecule has 0 saturated heterocycles. The van der Waals surface area contributed by atoms with Gasteiger partial charge in [0, 0.05) is 0 Å². The van der Waals surface area contributed by atoms with E-state index in [4.69, 9.17) is 0 Å². The lowest BCUT2D eigenvalue weighted by Gasteiger charge is -2.20. The summed E-state index contributed by atoms with van der Waals surface area (Å²) in [5.41, 5.74) is 1.09. The number of aryl methyl sites for hydroxylation is 1. The van der Waals surface area contributed by atoms with Gasteiger partial charge in [0.25, 0.3) is 0 Å². The molecule has 0 radical (unpaired) electrons. The summed E-state index contributed by atoms with van der Waals surface area (Å²) in [5, 5.41) is 3.06. The van der Waals surface area contributed by atoms with E-state index in [0.29, 0.717) is 17.7 Å². The van der Waals surface area contributed by atoms with Gasteiger partial charge in [0.05, 0.1) is 12.6 Å². The van der Waals surface area contributed by atoms with Gasteiger partial charge in [-0.2, -0.15) is 13.2 Å². The van der Waals surface area contributed by atoms with Crippen molar-refractivity contribution in [3.8, 4) is 0 Å². The van der Waals surface area contributed by atoms with Crippen LogP contribution in [-0.4, -0.2) is 25.9 Å². The fraction of sp³-hybridized carbons (Fsp3) is 0.571. The zero-order chi connectivity index (χ0) is 15.2. The van der Waals surface area contributed by atoms with Crippen LogP contribution >= 0.6 is 0 Å². The van der Waals surface area contributed by atoms with Crippen LogP contribution in [0.2, 0.25) is 0 Å². The quantitative estimate of drug-likeness (QED) is 0.773. The molecule has 1 aromatic carbocycles. The van der Waals surface area contributed by atoms with Gasteiger partial charge < -0.3 is 10.1 Å². The Kier molecular flexibility index (Phi) is 6.42. The minimum Gasteiger partial charge on any atom is -0.370 e. The molecule has 1 atom stereocenters. The topological polar surface area (TPSA) is 21.3 Å². The predicted octanol–water partition coefficient (Wildman–Crippen LogP) is 3.75. The van der Waals surface area contributed by atoms with E-state index in [1.807, 2.05) is 6.92 Å². The summed E-state index contributed by atoms with van der Waals surface area (Å²) in [6, 6.07) is 4.18. The Balaban J connectivity index is 2.69. The van der Waals surface area contributed by atoms with Crippen molar-refractivity contribution in [1.29, 1.82) is 0 Å². The second-order valence-electron chi connectivity index (χ2n) is 4.65. The summed E-state index contributed by atoms with van der Waals surface area (Å²) in [7, 11) is 0. The van der Waals surface area contributed by atoms with Crippen molar-refractivity contribution in [2.24, 2.45) is 0 Å². The molecule has 114 valence electrons. The number of ether oxygens (including phenoxy) is 1. The first kappa shape index (κ1) is 16.9. The average Bonchev–Trinajstić information content (AvgIpc) is 2.35. The highest BCUT2D eigenvalue weighted by Crippen LogP contribution is 2.19. The Morgan fingerprint density at radius 2 is 2.00 bits per heavy atom. The third-order valence-electron chi connectivity index (χ3n) is 2.79. The number of rotatable bonds is 7. The van der Waals surface area contributed by atoms with Crippen molar-refractivity contribution in [2.75, 3.05) is 19.8 Å². The first-order valence-corrected chi connectivity index (χ1v) is 6.47. The minimum absolute atomic E-state index is 0.151. The Bertz CT molecular complexity index is 420. The van der Waals surface area contributed by atoms with Crippen LogP contribution in [0, 0.1) is 12.7 Å². The van der Waals surface area contributed by atoms with Crippen LogP contribution in [0.4, 0.5) is 17.6 Å². The van der Waals surface area contributed by atoms with Gasteiger partial charge in [0.2, 0.25) is 0 Å². The van der Waals surface area contributed by atoms with Crippen molar-refractivity contribution in [1.82, 2.24) is 5.32 Å². The zero-order valence-electron chi connectivity index (χ0n) is 11.6. The molecule has 2 nitrogen and oxygen atoms in total. The van der Waals surface area contributed by atoms with E-state index in [2.05, 4.69) is 10.1 Å². The van der Waals surface area contributed by atoms with E-state index < -0.39 is 18.8 Å². The van der Waals surface area contributed by atoms with Crippen LogP contribution in [0.5, 0.6) is 0 Å². The predicted molar refractivity (Wildman–Crippen MR) is 69.0 cm³/mol. The lowest BCUT2D eigenvalue weighted by molar-refractivity contribution is -0.175. The zero-order valence-corrected chi connectivity index (χ0v) is 11.6. The van der Waals surface area contributed by atoms with Crippen molar-refractivity contribution in [3.63, 3.8) is 0 Å². The van der Waals surface area contributed by atoms with Crippen LogP contribution in [-0.2, 0) is 4.74 Å². The molecule has 0 bridgehead atoms. The van der Waals surface area contributed by atoms with Crippen LogP contribution in [0.3, 0.4) is 0 Å². The van der Waals surface area contributed by atoms with Gasteiger partial charge in [-0.3, -0.25) is 0 Å². The van der Waals surface area contributed by atoms with E-state index in [1.54, 1.807) is 19.1 Å². The smallest absolute Gasteiger partial charge is 0.370 e. The highest BCUT2D eigenvalue weighted by Gasteiger charge is 2.28. The summed E-state index contributed by atoms with van der Waals surface area (Å²) in [6.45, 7) is 2.74. The standard InChI is InChI=1S/C14H19F4NO/c1-3-6-19-13(8-20-9-14(16,17)18)11-5-4-10(2)12(15)7-11/h4-5,7,13,19H,3,6,8-9H2,1-2H3. The summed E-state index contributed by atoms with van der Waals surface area (Å²) in [5.74, 6) is -0.374. The van der Waals surface area contributed by atoms with Crippen LogP contribution in [0.15, 0.2) is 18.2 Å². The van der Waals surface area contributed by atoms with Crippen molar-refractivity contribution < 1.29 is 22.3 Å². The second-order valence-corrected chi connectivity index (χ2v) is 4.65. The molecular formula is C14H19F4NO. The Morgan fingerprint density at radius 3 is 2.55 bits per heavy atom. The summed E-state index contributed by atoms with van der Waals surface area (Å²) >= 11 is 0. The van der Waals surface area contributed by atoms with Crippen molar-refractivity contribution >= 4 is 0 Å². The first-order valence-electron chi connectivity index (χ1n) is 6.47. The molecule has 0 spiro atoms. The highest BCUT2D eigenvalue weighted by molar-refractivity contribution is 5.25. The maximum atomic E-state index is 13.5. The molecule has 0 aliphatic rings. The van der Waals surface area contributed by atoms with E-state index >= 15 is 0 Å². The maximum absolute atomic E-state index is 13.5. The minimum atomic E-state index is -4.35. The molecule has 1 unspecified atom stereocenters. The number of hydrogen-bond acceptors (Lipinski definition) is 2. The highest BCUT2D eigenvalue weighted by atomic mass is 19.4. The fourth-order valence-corrected chi connectivity index (χ4v) is 1.71. The number of alkyl halides is 3. The fourth-order valence-electron chi connectivity index (χ4n) is 1.71. The average molecular weight is 293 g/mol. The maximum Gasteiger partial charge on any atom is 0.411 e. The lowest BCUT2D eigenvalue weighted by atomic mass is 10.1. The van der Waals surface area contributed by atoms with Gasteiger partial charge >= 0.3 is 6.18 Å². The van der Waals surface area contributed by atoms with Crippen LogP contribution in [0.1, 0.15) is 30.5 Å². The van der Waals surface area contributed by atoms with E-state index in [1.165, 1.54) is 6.07 Å². The molecule has 1 N–H and O–H groups in total. The van der Waals surface area contributed by atoms with Gasteiger partial charge in [0.15, 0.2) is 0 Å². The number of halogens is 4. The summed E-state index contributed by atoms with van der Waals surface area (Å²) in [4.78, 5) is 0. The third-order valence-corrected chi connectivity index (χ3v) is 2.79.